The van der Waals surface area contributed by atoms with E-state index in [4.69, 9.17) is 9.47 Å². The minimum Gasteiger partial charge on any atom is -0.493 e. The Labute approximate surface area is 220 Å². The molecule has 2 aromatic carbocycles. The maximum absolute atomic E-state index is 15.7. The number of ether oxygens (including phenoxy) is 2. The number of hydrogen-bond donors (Lipinski definition) is 1. The fraction of sp³-hybridized carbons (Fsp3) is 0.581. The number of hydrogen-bond acceptors (Lipinski definition) is 4. The van der Waals surface area contributed by atoms with Gasteiger partial charge in [0.05, 0.1) is 12.6 Å². The first-order chi connectivity index (χ1) is 17.7. The first-order valence-electron chi connectivity index (χ1n) is 13.9. The molecule has 3 saturated heterocycles. The number of fused-ring (bicyclic) bond motifs is 4. The number of halogens is 1. The Hall–Kier alpha value is -2.60. The summed E-state index contributed by atoms with van der Waals surface area (Å²) in [5.41, 5.74) is 5.22. The minimum atomic E-state index is -0.386. The molecule has 1 N–H and O–H groups in total. The van der Waals surface area contributed by atoms with Gasteiger partial charge in [0.2, 0.25) is 0 Å². The van der Waals surface area contributed by atoms with Crippen LogP contribution in [0.5, 0.6) is 5.75 Å². The number of aryl methyl sites for hydroxylation is 3. The van der Waals surface area contributed by atoms with Gasteiger partial charge in [-0.2, -0.15) is 0 Å². The van der Waals surface area contributed by atoms with E-state index in [1.807, 2.05) is 32.0 Å². The average Bonchev–Trinajstić information content (AvgIpc) is 2.86. The van der Waals surface area contributed by atoms with Crippen LogP contribution < -0.4 is 10.1 Å². The third kappa shape index (κ3) is 5.22. The maximum Gasteiger partial charge on any atom is 0.407 e. The van der Waals surface area contributed by atoms with Crippen molar-refractivity contribution >= 4 is 6.09 Å². The van der Waals surface area contributed by atoms with Crippen molar-refractivity contribution in [3.05, 3.63) is 52.3 Å². The van der Waals surface area contributed by atoms with Crippen LogP contribution in [0.15, 0.2) is 24.3 Å². The number of alkyl carbamates (subject to hydrolysis) is 1. The van der Waals surface area contributed by atoms with Crippen LogP contribution in [0.3, 0.4) is 0 Å². The number of nitrogens with one attached hydrogen (secondary N) is 1. The van der Waals surface area contributed by atoms with Crippen LogP contribution in [-0.4, -0.2) is 43.3 Å². The number of nitrogens with zero attached hydrogens (tertiary/aromatic N) is 1. The van der Waals surface area contributed by atoms with Gasteiger partial charge in [0, 0.05) is 12.1 Å². The summed E-state index contributed by atoms with van der Waals surface area (Å²) in [7, 11) is 0. The van der Waals surface area contributed by atoms with Crippen LogP contribution in [0, 0.1) is 31.0 Å². The van der Waals surface area contributed by atoms with E-state index in [1.54, 1.807) is 6.07 Å². The van der Waals surface area contributed by atoms with Gasteiger partial charge in [0.1, 0.15) is 17.7 Å². The van der Waals surface area contributed by atoms with Gasteiger partial charge >= 0.3 is 6.09 Å². The lowest BCUT2D eigenvalue weighted by atomic mass is 9.70. The van der Waals surface area contributed by atoms with Crippen LogP contribution >= 0.6 is 0 Å². The lowest BCUT2D eigenvalue weighted by molar-refractivity contribution is -0.0353. The topological polar surface area (TPSA) is 50.8 Å². The molecule has 0 radical (unpaired) electrons. The molecule has 2 aromatic rings. The van der Waals surface area contributed by atoms with Crippen molar-refractivity contribution in [3.63, 3.8) is 0 Å². The molecular weight excluding hydrogens is 467 g/mol. The van der Waals surface area contributed by atoms with E-state index < -0.39 is 0 Å². The van der Waals surface area contributed by atoms with Gasteiger partial charge in [0.15, 0.2) is 0 Å². The zero-order valence-electron chi connectivity index (χ0n) is 23.0. The molecule has 6 rings (SSSR count). The van der Waals surface area contributed by atoms with Crippen LogP contribution in [0.25, 0.3) is 11.1 Å². The van der Waals surface area contributed by atoms with Gasteiger partial charge in [-0.15, -0.1) is 0 Å². The summed E-state index contributed by atoms with van der Waals surface area (Å²) in [6.07, 6.45) is 4.43. The molecule has 1 aliphatic carbocycles. The Balaban J connectivity index is 1.39. The van der Waals surface area contributed by atoms with Crippen molar-refractivity contribution in [3.8, 4) is 16.9 Å². The monoisotopic (exact) mass is 508 g/mol. The van der Waals surface area contributed by atoms with Crippen LogP contribution in [0.4, 0.5) is 9.18 Å². The molecular formula is C31H41FN2O3. The van der Waals surface area contributed by atoms with Crippen molar-refractivity contribution in [2.45, 2.75) is 78.9 Å². The van der Waals surface area contributed by atoms with Crippen molar-refractivity contribution in [1.29, 1.82) is 0 Å². The first kappa shape index (κ1) is 26.0. The molecule has 2 bridgehead atoms. The van der Waals surface area contributed by atoms with Gasteiger partial charge in [0.25, 0.3) is 0 Å². The molecule has 0 saturated carbocycles. The second-order valence-electron chi connectivity index (χ2n) is 12.0. The van der Waals surface area contributed by atoms with E-state index in [-0.39, 0.29) is 29.5 Å². The molecule has 0 aromatic heterocycles. The van der Waals surface area contributed by atoms with E-state index >= 15 is 4.39 Å². The highest BCUT2D eigenvalue weighted by molar-refractivity contribution is 5.71. The highest BCUT2D eigenvalue weighted by Crippen LogP contribution is 2.45. The number of rotatable bonds is 6. The largest absolute Gasteiger partial charge is 0.493 e. The molecule has 1 amide bonds. The predicted molar refractivity (Wildman–Crippen MR) is 145 cm³/mol. The summed E-state index contributed by atoms with van der Waals surface area (Å²) in [5.74, 6) is 1.07. The van der Waals surface area contributed by atoms with Crippen molar-refractivity contribution in [1.82, 2.24) is 10.2 Å². The van der Waals surface area contributed by atoms with E-state index in [2.05, 4.69) is 31.0 Å². The van der Waals surface area contributed by atoms with Gasteiger partial charge in [-0.3, -0.25) is 4.90 Å². The van der Waals surface area contributed by atoms with Gasteiger partial charge in [-0.25, -0.2) is 9.18 Å². The summed E-state index contributed by atoms with van der Waals surface area (Å²) < 4.78 is 27.5. The van der Waals surface area contributed by atoms with E-state index in [0.717, 1.165) is 85.3 Å². The van der Waals surface area contributed by atoms with Crippen LogP contribution in [0.2, 0.25) is 0 Å². The summed E-state index contributed by atoms with van der Waals surface area (Å²) in [6.45, 7) is 14.1. The summed E-state index contributed by atoms with van der Waals surface area (Å²) in [6, 6.07) is 7.33. The highest BCUT2D eigenvalue weighted by Gasteiger charge is 2.40. The number of piperidine rings is 3. The molecule has 37 heavy (non-hydrogen) atoms. The number of carbonyl (C=O) groups excluding carboxylic acids is 1. The van der Waals surface area contributed by atoms with E-state index in [9.17, 15) is 4.79 Å². The zero-order valence-corrected chi connectivity index (χ0v) is 23.0. The lowest BCUT2D eigenvalue weighted by Gasteiger charge is -2.44. The minimum absolute atomic E-state index is 0.0523. The van der Waals surface area contributed by atoms with E-state index in [0.29, 0.717) is 18.1 Å². The Morgan fingerprint density at radius 2 is 1.84 bits per heavy atom. The van der Waals surface area contributed by atoms with E-state index in [1.165, 1.54) is 0 Å². The quantitative estimate of drug-likeness (QED) is 0.470. The fourth-order valence-electron chi connectivity index (χ4n) is 6.51. The molecule has 6 heteroatoms. The molecule has 5 nitrogen and oxygen atoms in total. The van der Waals surface area contributed by atoms with Crippen molar-refractivity contribution in [2.75, 3.05) is 26.2 Å². The Morgan fingerprint density at radius 3 is 2.46 bits per heavy atom. The van der Waals surface area contributed by atoms with Gasteiger partial charge in [-0.1, -0.05) is 20.8 Å². The molecule has 0 spiro atoms. The summed E-state index contributed by atoms with van der Waals surface area (Å²) in [4.78, 5) is 15.4. The Morgan fingerprint density at radius 1 is 1.14 bits per heavy atom. The number of benzene rings is 2. The average molecular weight is 509 g/mol. The lowest BCUT2D eigenvalue weighted by Crippen LogP contribution is -2.53. The summed E-state index contributed by atoms with van der Waals surface area (Å²) >= 11 is 0. The molecule has 200 valence electrons. The van der Waals surface area contributed by atoms with Crippen LogP contribution in [0.1, 0.15) is 74.8 Å². The maximum atomic E-state index is 15.7. The number of carbonyl (C=O) groups is 1. The second-order valence-corrected chi connectivity index (χ2v) is 12.0. The number of amides is 1. The van der Waals surface area contributed by atoms with Crippen molar-refractivity contribution < 1.29 is 18.7 Å². The van der Waals surface area contributed by atoms with Crippen molar-refractivity contribution in [2.24, 2.45) is 11.3 Å². The zero-order chi connectivity index (χ0) is 26.3. The standard InChI is InChI=1S/C31H41FN2O3/c1-6-13-36-28-19(2)14-23(15-20(28)3)24-16-22-7-10-31(4,5)29(25(22)17-26(24)32)33-30(35)37-27-18-34-11-8-21(27)9-12-34/h14-17,21,27,29H,6-13,18H2,1-5H3,(H,33,35)/t27-,29?/m1/s1. The third-order valence-electron chi connectivity index (χ3n) is 8.70. The fourth-order valence-corrected chi connectivity index (χ4v) is 6.51. The Kier molecular flexibility index (Phi) is 7.23. The molecule has 4 aliphatic rings. The molecule has 3 aliphatic heterocycles. The third-order valence-corrected chi connectivity index (χ3v) is 8.70. The molecule has 3 heterocycles. The van der Waals surface area contributed by atoms with Gasteiger partial charge in [-0.05, 0) is 122 Å². The normalized spacial score (nSPS) is 25.9. The smallest absolute Gasteiger partial charge is 0.407 e. The Bertz CT molecular complexity index is 1150. The first-order valence-corrected chi connectivity index (χ1v) is 13.9. The van der Waals surface area contributed by atoms with Crippen LogP contribution in [-0.2, 0) is 11.2 Å². The SMILES string of the molecule is CCCOc1c(C)cc(-c2cc3c(cc2F)C(NC(=O)O[C@@H]2CN4CCC2CC4)C(C)(C)CC3)cc1C. The van der Waals surface area contributed by atoms with Gasteiger partial charge < -0.3 is 14.8 Å². The second kappa shape index (κ2) is 10.3. The molecule has 2 atom stereocenters. The molecule has 3 fully saturated rings. The highest BCUT2D eigenvalue weighted by atomic mass is 19.1. The molecule has 1 unspecified atom stereocenters. The predicted octanol–water partition coefficient (Wildman–Crippen LogP) is 6.73. The summed E-state index contributed by atoms with van der Waals surface area (Å²) in [5, 5.41) is 3.14.